The van der Waals surface area contributed by atoms with E-state index in [4.69, 9.17) is 4.74 Å². The third-order valence-corrected chi connectivity index (χ3v) is 7.26. The molecule has 2 amide bonds. The van der Waals surface area contributed by atoms with Crippen LogP contribution in [0.4, 0.5) is 0 Å². The topological polar surface area (TPSA) is 61.9 Å². The molecular formula is C22H37N3O3. The van der Waals surface area contributed by atoms with Crippen LogP contribution in [0.15, 0.2) is 0 Å². The summed E-state index contributed by atoms with van der Waals surface area (Å²) in [6, 6.07) is 0.633. The zero-order chi connectivity index (χ0) is 19.9. The molecule has 2 saturated carbocycles. The van der Waals surface area contributed by atoms with Crippen molar-refractivity contribution in [2.45, 2.75) is 95.4 Å². The van der Waals surface area contributed by atoms with Gasteiger partial charge in [-0.1, -0.05) is 12.8 Å². The number of nitrogens with zero attached hydrogens (tertiary/aromatic N) is 2. The SMILES string of the molecule is CC(C)(C)OCC(=O)N1CC2CC1(CNC(=O)C1CCCN1C1CCCC1)C2. The minimum absolute atomic E-state index is 0.0325. The maximum Gasteiger partial charge on any atom is 0.249 e. The Morgan fingerprint density at radius 3 is 2.50 bits per heavy atom. The van der Waals surface area contributed by atoms with Gasteiger partial charge in [0.2, 0.25) is 11.8 Å². The molecule has 5 fully saturated rings. The molecule has 3 saturated heterocycles. The lowest BCUT2D eigenvalue weighted by molar-refractivity contribution is -0.145. The highest BCUT2D eigenvalue weighted by atomic mass is 16.5. The van der Waals surface area contributed by atoms with Crippen LogP contribution in [0.1, 0.15) is 72.1 Å². The van der Waals surface area contributed by atoms with Gasteiger partial charge in [-0.3, -0.25) is 14.5 Å². The Morgan fingerprint density at radius 2 is 1.82 bits per heavy atom. The fraction of sp³-hybridized carbons (Fsp3) is 0.909. The molecule has 0 aromatic carbocycles. The van der Waals surface area contributed by atoms with Crippen molar-refractivity contribution in [1.29, 1.82) is 0 Å². The first-order valence-electron chi connectivity index (χ1n) is 11.3. The van der Waals surface area contributed by atoms with Gasteiger partial charge in [0.15, 0.2) is 0 Å². The molecular weight excluding hydrogens is 354 g/mol. The summed E-state index contributed by atoms with van der Waals surface area (Å²) in [4.78, 5) is 30.2. The molecule has 6 heteroatoms. The lowest BCUT2D eigenvalue weighted by Gasteiger charge is -2.43. The lowest BCUT2D eigenvalue weighted by atomic mass is 9.73. The van der Waals surface area contributed by atoms with Gasteiger partial charge in [-0.15, -0.1) is 0 Å². The Balaban J connectivity index is 1.32. The highest BCUT2D eigenvalue weighted by molar-refractivity contribution is 5.83. The van der Waals surface area contributed by atoms with Gasteiger partial charge in [0, 0.05) is 19.1 Å². The van der Waals surface area contributed by atoms with E-state index >= 15 is 0 Å². The molecule has 28 heavy (non-hydrogen) atoms. The second kappa shape index (κ2) is 7.60. The Bertz CT molecular complexity index is 603. The largest absolute Gasteiger partial charge is 0.366 e. The van der Waals surface area contributed by atoms with Crippen molar-refractivity contribution in [3.05, 3.63) is 0 Å². The molecule has 0 spiro atoms. The van der Waals surface area contributed by atoms with Crippen molar-refractivity contribution in [3.63, 3.8) is 0 Å². The summed E-state index contributed by atoms with van der Waals surface area (Å²) in [5.74, 6) is 0.835. The van der Waals surface area contributed by atoms with Crippen LogP contribution < -0.4 is 5.32 Å². The molecule has 0 aromatic heterocycles. The first-order valence-corrected chi connectivity index (χ1v) is 11.3. The van der Waals surface area contributed by atoms with Gasteiger partial charge in [-0.2, -0.15) is 0 Å². The van der Waals surface area contributed by atoms with Gasteiger partial charge in [-0.05, 0) is 71.8 Å². The van der Waals surface area contributed by atoms with Gasteiger partial charge in [-0.25, -0.2) is 0 Å². The standard InChI is InChI=1S/C22H37N3O3/c1-21(2,3)28-14-19(26)25-13-16-11-22(25,12-16)15-23-20(27)18-9-6-10-24(18)17-7-4-5-8-17/h16-18H,4-15H2,1-3H3,(H,23,27). The first kappa shape index (κ1) is 20.1. The van der Waals surface area contributed by atoms with Gasteiger partial charge < -0.3 is 15.0 Å². The van der Waals surface area contributed by atoms with E-state index in [-0.39, 0.29) is 35.6 Å². The van der Waals surface area contributed by atoms with Gasteiger partial charge in [0.25, 0.3) is 0 Å². The average Bonchev–Trinajstić information content (AvgIpc) is 3.38. The van der Waals surface area contributed by atoms with Crippen molar-refractivity contribution in [2.75, 3.05) is 26.2 Å². The Hall–Kier alpha value is -1.14. The van der Waals surface area contributed by atoms with Crippen LogP contribution in [0.25, 0.3) is 0 Å². The van der Waals surface area contributed by atoms with Crippen LogP contribution in [-0.2, 0) is 14.3 Å². The van der Waals surface area contributed by atoms with Crippen molar-refractivity contribution in [3.8, 4) is 0 Å². The quantitative estimate of drug-likeness (QED) is 0.755. The minimum Gasteiger partial charge on any atom is -0.366 e. The molecule has 1 atom stereocenters. The van der Waals surface area contributed by atoms with E-state index in [1.165, 1.54) is 25.7 Å². The lowest BCUT2D eigenvalue weighted by Crippen LogP contribution is -2.58. The third kappa shape index (κ3) is 3.95. The first-order chi connectivity index (χ1) is 13.3. The summed E-state index contributed by atoms with van der Waals surface area (Å²) in [5.41, 5.74) is -0.485. The normalized spacial score (nSPS) is 33.3. The molecule has 1 unspecified atom stereocenters. The van der Waals surface area contributed by atoms with E-state index in [2.05, 4.69) is 10.2 Å². The number of rotatable bonds is 6. The van der Waals surface area contributed by atoms with E-state index < -0.39 is 0 Å². The molecule has 2 bridgehead atoms. The van der Waals surface area contributed by atoms with Gasteiger partial charge in [0.1, 0.15) is 6.61 Å². The smallest absolute Gasteiger partial charge is 0.249 e. The highest BCUT2D eigenvalue weighted by Crippen LogP contribution is 2.50. The number of fused-ring (bicyclic) bond motifs is 1. The molecule has 0 radical (unpaired) electrons. The molecule has 3 aliphatic heterocycles. The van der Waals surface area contributed by atoms with Crippen LogP contribution in [0.2, 0.25) is 0 Å². The fourth-order valence-electron chi connectivity index (χ4n) is 5.89. The number of carbonyl (C=O) groups is 2. The van der Waals surface area contributed by atoms with E-state index in [0.29, 0.717) is 18.5 Å². The van der Waals surface area contributed by atoms with Crippen LogP contribution in [-0.4, -0.2) is 71.1 Å². The number of likely N-dealkylation sites (tertiary alicyclic amines) is 1. The van der Waals surface area contributed by atoms with Crippen LogP contribution in [0, 0.1) is 5.92 Å². The van der Waals surface area contributed by atoms with E-state index in [9.17, 15) is 9.59 Å². The maximum atomic E-state index is 13.0. The van der Waals surface area contributed by atoms with Gasteiger partial charge in [0.05, 0.1) is 17.2 Å². The van der Waals surface area contributed by atoms with E-state index in [1.54, 1.807) is 0 Å². The summed E-state index contributed by atoms with van der Waals surface area (Å²) >= 11 is 0. The number of ether oxygens (including phenoxy) is 1. The molecule has 1 N–H and O–H groups in total. The monoisotopic (exact) mass is 391 g/mol. The van der Waals surface area contributed by atoms with Crippen LogP contribution in [0.3, 0.4) is 0 Å². The predicted molar refractivity (Wildman–Crippen MR) is 108 cm³/mol. The third-order valence-electron chi connectivity index (χ3n) is 7.26. The Kier molecular flexibility index (Phi) is 5.47. The maximum absolute atomic E-state index is 13.0. The van der Waals surface area contributed by atoms with Crippen molar-refractivity contribution in [1.82, 2.24) is 15.1 Å². The van der Waals surface area contributed by atoms with Crippen LogP contribution in [0.5, 0.6) is 0 Å². The second-order valence-electron chi connectivity index (χ2n) is 10.5. The van der Waals surface area contributed by atoms with Crippen molar-refractivity contribution < 1.29 is 14.3 Å². The number of amides is 2. The zero-order valence-electron chi connectivity index (χ0n) is 17.8. The molecule has 6 nitrogen and oxygen atoms in total. The molecule has 5 rings (SSSR count). The Morgan fingerprint density at radius 1 is 1.11 bits per heavy atom. The predicted octanol–water partition coefficient (Wildman–Crippen LogP) is 2.32. The fourth-order valence-corrected chi connectivity index (χ4v) is 5.89. The van der Waals surface area contributed by atoms with Gasteiger partial charge >= 0.3 is 0 Å². The number of hydrogen-bond donors (Lipinski definition) is 1. The number of nitrogens with one attached hydrogen (secondary N) is 1. The Labute approximate surface area is 169 Å². The van der Waals surface area contributed by atoms with Crippen LogP contribution >= 0.6 is 0 Å². The summed E-state index contributed by atoms with van der Waals surface area (Å²) in [6.07, 6.45) is 9.21. The summed E-state index contributed by atoms with van der Waals surface area (Å²) < 4.78 is 5.71. The van der Waals surface area contributed by atoms with E-state index in [1.807, 2.05) is 25.7 Å². The summed E-state index contributed by atoms with van der Waals surface area (Å²) in [7, 11) is 0. The zero-order valence-corrected chi connectivity index (χ0v) is 17.8. The summed E-state index contributed by atoms with van der Waals surface area (Å²) in [6.45, 7) is 8.51. The number of hydrogen-bond acceptors (Lipinski definition) is 4. The second-order valence-corrected chi connectivity index (χ2v) is 10.5. The van der Waals surface area contributed by atoms with Crippen molar-refractivity contribution in [2.24, 2.45) is 5.92 Å². The molecule has 3 heterocycles. The molecule has 2 aliphatic carbocycles. The molecule has 5 aliphatic rings. The van der Waals surface area contributed by atoms with E-state index in [0.717, 1.165) is 38.8 Å². The molecule has 0 aromatic rings. The number of carbonyl (C=O) groups excluding carboxylic acids is 2. The highest BCUT2D eigenvalue weighted by Gasteiger charge is 2.57. The minimum atomic E-state index is -0.314. The average molecular weight is 392 g/mol. The molecule has 158 valence electrons. The summed E-state index contributed by atoms with van der Waals surface area (Å²) in [5, 5.41) is 3.24. The van der Waals surface area contributed by atoms with Crippen molar-refractivity contribution >= 4 is 11.8 Å².